The van der Waals surface area contributed by atoms with Crippen LogP contribution in [0.1, 0.15) is 35.1 Å². The van der Waals surface area contributed by atoms with Crippen LogP contribution in [0.25, 0.3) is 11.1 Å². The van der Waals surface area contributed by atoms with Crippen LogP contribution >= 0.6 is 0 Å². The van der Waals surface area contributed by atoms with Crippen molar-refractivity contribution in [3.63, 3.8) is 0 Å². The highest BCUT2D eigenvalue weighted by Crippen LogP contribution is 2.45. The monoisotopic (exact) mass is 386 g/mol. The Morgan fingerprint density at radius 1 is 0.621 bits per heavy atom. The molecule has 2 atom stereocenters. The Bertz CT molecular complexity index is 1020. The minimum atomic E-state index is 0.435. The maximum absolute atomic E-state index is 6.21. The van der Waals surface area contributed by atoms with E-state index in [0.29, 0.717) is 25.0 Å². The third-order valence-corrected chi connectivity index (χ3v) is 6.87. The van der Waals surface area contributed by atoms with E-state index < -0.39 is 0 Å². The van der Waals surface area contributed by atoms with Crippen LogP contribution in [0.5, 0.6) is 11.5 Å². The van der Waals surface area contributed by atoms with E-state index in [9.17, 15) is 0 Å². The number of aryl methyl sites for hydroxylation is 2. The van der Waals surface area contributed by atoms with Crippen molar-refractivity contribution in [3.05, 3.63) is 70.8 Å². The van der Waals surface area contributed by atoms with Gasteiger partial charge in [-0.2, -0.15) is 0 Å². The lowest BCUT2D eigenvalue weighted by atomic mass is 9.83. The van der Waals surface area contributed by atoms with Gasteiger partial charge in [-0.05, 0) is 83.3 Å². The molecule has 0 N–H and O–H groups in total. The fourth-order valence-electron chi connectivity index (χ4n) is 5.12. The molecule has 0 saturated carbocycles. The van der Waals surface area contributed by atoms with E-state index in [1.54, 1.807) is 0 Å². The van der Waals surface area contributed by atoms with Crippen molar-refractivity contribution in [3.8, 4) is 11.5 Å². The Morgan fingerprint density at radius 3 is 1.90 bits per heavy atom. The van der Waals surface area contributed by atoms with Crippen LogP contribution in [0.3, 0.4) is 0 Å². The van der Waals surface area contributed by atoms with E-state index in [4.69, 9.17) is 14.2 Å². The summed E-state index contributed by atoms with van der Waals surface area (Å²) in [6, 6.07) is 13.3. The molecule has 0 aromatic heterocycles. The van der Waals surface area contributed by atoms with Crippen LogP contribution in [0.2, 0.25) is 0 Å². The molecule has 29 heavy (non-hydrogen) atoms. The van der Waals surface area contributed by atoms with Crippen molar-refractivity contribution in [1.82, 2.24) is 0 Å². The van der Waals surface area contributed by atoms with Gasteiger partial charge >= 0.3 is 0 Å². The molecular weight excluding hydrogens is 360 g/mol. The van der Waals surface area contributed by atoms with Gasteiger partial charge in [0.2, 0.25) is 0 Å². The molecular formula is C26H26O3. The maximum atomic E-state index is 6.21. The quantitative estimate of drug-likeness (QED) is 0.591. The molecule has 0 amide bonds. The van der Waals surface area contributed by atoms with E-state index in [1.165, 1.54) is 33.4 Å². The molecule has 2 aromatic carbocycles. The highest BCUT2D eigenvalue weighted by atomic mass is 16.5. The predicted octanol–water partition coefficient (Wildman–Crippen LogP) is 5.08. The smallest absolute Gasteiger partial charge is 0.120 e. The van der Waals surface area contributed by atoms with Crippen molar-refractivity contribution in [2.24, 2.45) is 11.8 Å². The van der Waals surface area contributed by atoms with Crippen molar-refractivity contribution >= 4 is 11.1 Å². The van der Waals surface area contributed by atoms with Crippen LogP contribution in [-0.4, -0.2) is 26.4 Å². The van der Waals surface area contributed by atoms with Crippen LogP contribution in [-0.2, 0) is 17.6 Å². The van der Waals surface area contributed by atoms with Gasteiger partial charge in [0, 0.05) is 11.8 Å². The fourth-order valence-corrected chi connectivity index (χ4v) is 5.12. The number of hydrogen-bond donors (Lipinski definition) is 0. The molecule has 0 spiro atoms. The first-order valence-electron chi connectivity index (χ1n) is 10.9. The van der Waals surface area contributed by atoms with Gasteiger partial charge in [-0.3, -0.25) is 0 Å². The molecule has 2 aromatic rings. The van der Waals surface area contributed by atoms with Crippen molar-refractivity contribution < 1.29 is 14.2 Å². The van der Waals surface area contributed by atoms with Gasteiger partial charge < -0.3 is 14.2 Å². The van der Waals surface area contributed by atoms with E-state index in [0.717, 1.165) is 50.4 Å². The molecule has 3 heteroatoms. The van der Waals surface area contributed by atoms with Crippen LogP contribution in [0, 0.1) is 11.8 Å². The molecule has 0 radical (unpaired) electrons. The van der Waals surface area contributed by atoms with Gasteiger partial charge in [-0.25, -0.2) is 0 Å². The Hall–Kier alpha value is -2.52. The highest BCUT2D eigenvalue weighted by molar-refractivity contribution is 5.96. The number of rotatable bonds is 0. The summed E-state index contributed by atoms with van der Waals surface area (Å²) in [4.78, 5) is 0. The summed E-state index contributed by atoms with van der Waals surface area (Å²) < 4.78 is 18.1. The van der Waals surface area contributed by atoms with E-state index >= 15 is 0 Å². The van der Waals surface area contributed by atoms with Crippen molar-refractivity contribution in [1.29, 1.82) is 0 Å². The Kier molecular flexibility index (Phi) is 4.23. The van der Waals surface area contributed by atoms with E-state index in [-0.39, 0.29) is 0 Å². The molecule has 3 aliphatic carbocycles. The van der Waals surface area contributed by atoms with Gasteiger partial charge in [0.1, 0.15) is 18.1 Å². The minimum Gasteiger partial charge on any atom is -0.493 e. The first-order chi connectivity index (χ1) is 14.3. The van der Waals surface area contributed by atoms with Gasteiger partial charge in [0.05, 0.1) is 19.8 Å². The van der Waals surface area contributed by atoms with Gasteiger partial charge in [0.25, 0.3) is 0 Å². The molecule has 1 heterocycles. The summed E-state index contributed by atoms with van der Waals surface area (Å²) in [5, 5.41) is 0. The Labute approximate surface area is 172 Å². The summed E-state index contributed by atoms with van der Waals surface area (Å²) in [5.74, 6) is 2.82. The third kappa shape index (κ3) is 3.08. The number of benzene rings is 2. The summed E-state index contributed by atoms with van der Waals surface area (Å²) in [6.45, 7) is 2.66. The Balaban J connectivity index is 1.40. The summed E-state index contributed by atoms with van der Waals surface area (Å²) in [6.07, 6.45) is 8.97. The number of hydrogen-bond acceptors (Lipinski definition) is 3. The molecule has 148 valence electrons. The average Bonchev–Trinajstić information content (AvgIpc) is 3.32. The Morgan fingerprint density at radius 2 is 1.24 bits per heavy atom. The normalized spacial score (nSPS) is 27.4. The second-order valence-corrected chi connectivity index (χ2v) is 8.54. The zero-order chi connectivity index (χ0) is 19.2. The first-order valence-corrected chi connectivity index (χ1v) is 10.9. The molecule has 4 aliphatic rings. The molecule has 0 unspecified atom stereocenters. The lowest BCUT2D eigenvalue weighted by Gasteiger charge is -2.29. The van der Waals surface area contributed by atoms with Gasteiger partial charge in [0.15, 0.2) is 0 Å². The van der Waals surface area contributed by atoms with Gasteiger partial charge in [-0.15, -0.1) is 0 Å². The second-order valence-electron chi connectivity index (χ2n) is 8.54. The maximum Gasteiger partial charge on any atom is 0.120 e. The molecule has 4 bridgehead atoms. The summed E-state index contributed by atoms with van der Waals surface area (Å²) in [7, 11) is 0. The average molecular weight is 386 g/mol. The standard InChI is InChI=1S/C26H26O3/c1-2-20-16-29-22-8-4-18-6-10-24(26(18)14-22)23-9-5-17-3-7-21(13-25(17)23)28-12-11-27-15-19(1)20/h1-4,7-8,13-14,19-20H,5-6,9-12,15-16H2/b24-23-/t19-,20-/m0/s1. The molecule has 3 nitrogen and oxygen atoms in total. The zero-order valence-electron chi connectivity index (χ0n) is 16.7. The minimum absolute atomic E-state index is 0.435. The number of fused-ring (bicyclic) bond motifs is 3. The van der Waals surface area contributed by atoms with Crippen molar-refractivity contribution in [2.45, 2.75) is 25.7 Å². The van der Waals surface area contributed by atoms with E-state index in [1.807, 2.05) is 0 Å². The summed E-state index contributed by atoms with van der Waals surface area (Å²) in [5.41, 5.74) is 8.68. The lowest BCUT2D eigenvalue weighted by Crippen LogP contribution is -2.29. The zero-order valence-corrected chi connectivity index (χ0v) is 16.7. The predicted molar refractivity (Wildman–Crippen MR) is 114 cm³/mol. The molecule has 1 aliphatic heterocycles. The molecule has 6 rings (SSSR count). The first kappa shape index (κ1) is 17.3. The highest BCUT2D eigenvalue weighted by Gasteiger charge is 2.27. The fraction of sp³-hybridized carbons (Fsp3) is 0.385. The van der Waals surface area contributed by atoms with Gasteiger partial charge in [-0.1, -0.05) is 24.3 Å². The van der Waals surface area contributed by atoms with Crippen LogP contribution in [0.4, 0.5) is 0 Å². The third-order valence-electron chi connectivity index (χ3n) is 6.87. The SMILES string of the molecule is C1=C[C@H]2COc3ccc4c(c3)/C(=C3/CCc5ccc(cc53)OCCOC[C@H]12)CC4. The number of ether oxygens (including phenoxy) is 3. The summed E-state index contributed by atoms with van der Waals surface area (Å²) >= 11 is 0. The van der Waals surface area contributed by atoms with Crippen LogP contribution < -0.4 is 9.47 Å². The molecule has 0 saturated heterocycles. The number of allylic oxidation sites excluding steroid dienone is 2. The van der Waals surface area contributed by atoms with Crippen molar-refractivity contribution in [2.75, 3.05) is 26.4 Å². The topological polar surface area (TPSA) is 27.7 Å². The molecule has 0 fully saturated rings. The second kappa shape index (κ2) is 7.07. The van der Waals surface area contributed by atoms with Crippen LogP contribution in [0.15, 0.2) is 48.6 Å². The lowest BCUT2D eigenvalue weighted by molar-refractivity contribution is 0.0622. The van der Waals surface area contributed by atoms with E-state index in [2.05, 4.69) is 48.6 Å². The largest absolute Gasteiger partial charge is 0.493 e.